The van der Waals surface area contributed by atoms with Crippen molar-refractivity contribution in [3.8, 4) is 44.8 Å². The first kappa shape index (κ1) is 60.6. The highest BCUT2D eigenvalue weighted by Gasteiger charge is 2.21. The lowest BCUT2D eigenvalue weighted by Gasteiger charge is -2.26. The van der Waals surface area contributed by atoms with Crippen molar-refractivity contribution in [1.82, 2.24) is 9.13 Å². The number of ether oxygens (including phenoxy) is 2. The van der Waals surface area contributed by atoms with Gasteiger partial charge in [-0.2, -0.15) is 0 Å². The molecule has 0 atom stereocenters. The Bertz CT molecular complexity index is 5130. The van der Waals surface area contributed by atoms with Gasteiger partial charge >= 0.3 is 0 Å². The summed E-state index contributed by atoms with van der Waals surface area (Å²) in [4.78, 5) is 4.74. The summed E-state index contributed by atoms with van der Waals surface area (Å²) < 4.78 is 17.1. The van der Waals surface area contributed by atoms with Crippen LogP contribution in [0.25, 0.3) is 101 Å². The Kier molecular flexibility index (Phi) is 16.8. The average Bonchev–Trinajstić information content (AvgIpc) is 1.59. The quantitative estimate of drug-likeness (QED) is 0.0718. The molecular weight excluding hydrogens is 1190 g/mol. The van der Waals surface area contributed by atoms with Crippen LogP contribution < -0.4 is 9.80 Å². The molecule has 0 spiro atoms. The molecule has 0 aliphatic rings. The predicted molar refractivity (Wildman–Crippen MR) is 411 cm³/mol. The number of anilines is 6. The molecule has 0 N–H and O–H groups in total. The van der Waals surface area contributed by atoms with Gasteiger partial charge in [0.25, 0.3) is 0 Å². The van der Waals surface area contributed by atoms with Crippen LogP contribution in [-0.2, 0) is 35.9 Å². The molecule has 16 rings (SSSR count). The van der Waals surface area contributed by atoms with Gasteiger partial charge in [0, 0.05) is 67.0 Å². The van der Waals surface area contributed by atoms with E-state index < -0.39 is 0 Å². The Balaban J connectivity index is 0.696. The third kappa shape index (κ3) is 12.3. The molecule has 0 amide bonds. The van der Waals surface area contributed by atoms with Crippen LogP contribution in [0.5, 0.6) is 0 Å². The molecule has 0 radical (unpaired) electrons. The fourth-order valence-electron chi connectivity index (χ4n) is 13.7. The summed E-state index contributed by atoms with van der Waals surface area (Å²) in [5.41, 5.74) is 26.9. The Hall–Kier alpha value is -12.3. The van der Waals surface area contributed by atoms with Gasteiger partial charge in [-0.1, -0.05) is 232 Å². The van der Waals surface area contributed by atoms with E-state index in [1.165, 1.54) is 21.5 Å². The smallest absolute Gasteiger partial charge is 0.0721 e. The molecule has 6 nitrogen and oxygen atoms in total. The van der Waals surface area contributed by atoms with Crippen molar-refractivity contribution in [2.24, 2.45) is 0 Å². The highest BCUT2D eigenvalue weighted by molar-refractivity contribution is 6.13. The summed E-state index contributed by atoms with van der Waals surface area (Å²) in [7, 11) is 0. The molecule has 98 heavy (non-hydrogen) atoms. The van der Waals surface area contributed by atoms with Crippen LogP contribution in [0.3, 0.4) is 0 Å². The van der Waals surface area contributed by atoms with Crippen molar-refractivity contribution in [2.75, 3.05) is 9.80 Å². The normalized spacial score (nSPS) is 11.4. The van der Waals surface area contributed by atoms with Gasteiger partial charge < -0.3 is 28.4 Å². The van der Waals surface area contributed by atoms with Crippen molar-refractivity contribution < 1.29 is 9.47 Å². The molecule has 0 saturated heterocycles. The summed E-state index contributed by atoms with van der Waals surface area (Å²) in [6.07, 6.45) is 3.72. The number of hydrogen-bond donors (Lipinski definition) is 0. The van der Waals surface area contributed by atoms with E-state index >= 15 is 0 Å². The van der Waals surface area contributed by atoms with E-state index in [1.807, 2.05) is 12.2 Å². The highest BCUT2D eigenvalue weighted by atomic mass is 16.5. The van der Waals surface area contributed by atoms with Gasteiger partial charge in [-0.15, -0.1) is 0 Å². The van der Waals surface area contributed by atoms with E-state index in [1.54, 1.807) is 0 Å². The van der Waals surface area contributed by atoms with Gasteiger partial charge in [-0.25, -0.2) is 0 Å². The molecule has 14 aromatic carbocycles. The summed E-state index contributed by atoms with van der Waals surface area (Å²) in [6, 6.07) is 123. The number of rotatable bonds is 21. The second-order valence-corrected chi connectivity index (χ2v) is 24.9. The van der Waals surface area contributed by atoms with E-state index in [0.717, 1.165) is 134 Å². The predicted octanol–water partition coefficient (Wildman–Crippen LogP) is 24.5. The number of aromatic nitrogens is 2. The summed E-state index contributed by atoms with van der Waals surface area (Å²) in [6.45, 7) is 9.93. The second kappa shape index (κ2) is 27.2. The van der Waals surface area contributed by atoms with Crippen LogP contribution in [0.15, 0.2) is 353 Å². The lowest BCUT2D eigenvalue weighted by atomic mass is 10.0. The first-order chi connectivity index (χ1) is 48.5. The van der Waals surface area contributed by atoms with Crippen LogP contribution in [-0.4, -0.2) is 9.13 Å². The van der Waals surface area contributed by atoms with E-state index in [9.17, 15) is 0 Å². The molecule has 0 bridgehead atoms. The van der Waals surface area contributed by atoms with Crippen molar-refractivity contribution in [1.29, 1.82) is 0 Å². The zero-order valence-corrected chi connectivity index (χ0v) is 54.3. The molecule has 2 aromatic heterocycles. The fourth-order valence-corrected chi connectivity index (χ4v) is 13.7. The SMILES string of the molecule is C=Cc1ccc(COCc2ccc(-c3ccc4c(c3)c3cc(N(c5ccccc5)c5ccc(-c6ccc(N(c7ccccc7)c7ccc8c(c7)c7cc(-c9ccc(COCc%10ccc(C=C)cc%10)cc9)ccc7n8-c7ccccc7)cc6)cc5)ccc3n4-c3ccccc3)cc2)cc1. The Morgan fingerprint density at radius 1 is 0.245 bits per heavy atom. The zero-order valence-electron chi connectivity index (χ0n) is 54.3. The summed E-state index contributed by atoms with van der Waals surface area (Å²) >= 11 is 0. The molecule has 0 fully saturated rings. The van der Waals surface area contributed by atoms with Crippen molar-refractivity contribution in [3.63, 3.8) is 0 Å². The van der Waals surface area contributed by atoms with Crippen molar-refractivity contribution in [3.05, 3.63) is 386 Å². The second-order valence-electron chi connectivity index (χ2n) is 24.9. The largest absolute Gasteiger partial charge is 0.372 e. The molecule has 0 aliphatic heterocycles. The molecule has 16 aromatic rings. The monoisotopic (exact) mass is 1260 g/mol. The van der Waals surface area contributed by atoms with Gasteiger partial charge in [0.1, 0.15) is 0 Å². The number of hydrogen-bond acceptors (Lipinski definition) is 4. The standard InChI is InChI=1S/C92H70N4O2/c1-3-65-25-29-67(30-26-65)61-97-63-69-33-37-73(38-34-69)75-45-53-89-85(57-75)87-59-83(51-55-91(87)95(89)79-21-13-7-14-22-79)93(77-17-9-5-10-18-77)81-47-41-71(42-48-81)72-43-49-82(50-44-72)94(78-19-11-6-12-20-78)84-52-56-92-88(60-84)86-58-76(46-54-90(86)96(92)80-23-15-8-16-24-80)74-39-35-70(36-40-74)64-98-62-68-31-27-66(4-2)28-32-68/h3-60H,1-2,61-64H2. The third-order valence-electron chi connectivity index (χ3n) is 18.7. The highest BCUT2D eigenvalue weighted by Crippen LogP contribution is 2.44. The number of benzene rings is 14. The van der Waals surface area contributed by atoms with Crippen LogP contribution in [0, 0.1) is 0 Å². The molecular formula is C92H70N4O2. The number of para-hydroxylation sites is 4. The first-order valence-corrected chi connectivity index (χ1v) is 33.4. The topological polar surface area (TPSA) is 34.8 Å². The van der Waals surface area contributed by atoms with Gasteiger partial charge in [0.15, 0.2) is 0 Å². The van der Waals surface area contributed by atoms with Gasteiger partial charge in [0.05, 0.1) is 48.5 Å². The fraction of sp³-hybridized carbons (Fsp3) is 0.0435. The minimum absolute atomic E-state index is 0.535. The lowest BCUT2D eigenvalue weighted by molar-refractivity contribution is 0.107. The minimum atomic E-state index is 0.535. The molecule has 0 aliphatic carbocycles. The molecule has 0 unspecified atom stereocenters. The summed E-state index contributed by atoms with van der Waals surface area (Å²) in [5, 5.41) is 4.72. The molecule has 0 saturated carbocycles. The van der Waals surface area contributed by atoms with Crippen molar-refractivity contribution >= 4 is 89.9 Å². The third-order valence-corrected chi connectivity index (χ3v) is 18.7. The maximum absolute atomic E-state index is 6.15. The van der Waals surface area contributed by atoms with Crippen LogP contribution in [0.2, 0.25) is 0 Å². The van der Waals surface area contributed by atoms with E-state index in [-0.39, 0.29) is 0 Å². The van der Waals surface area contributed by atoms with E-state index in [4.69, 9.17) is 9.47 Å². The molecule has 2 heterocycles. The zero-order chi connectivity index (χ0) is 65.7. The first-order valence-electron chi connectivity index (χ1n) is 33.4. The summed E-state index contributed by atoms with van der Waals surface area (Å²) in [5.74, 6) is 0. The van der Waals surface area contributed by atoms with Gasteiger partial charge in [0.2, 0.25) is 0 Å². The van der Waals surface area contributed by atoms with Crippen LogP contribution in [0.4, 0.5) is 34.1 Å². The van der Waals surface area contributed by atoms with Crippen LogP contribution in [0.1, 0.15) is 33.4 Å². The maximum Gasteiger partial charge on any atom is 0.0721 e. The Morgan fingerprint density at radius 3 is 0.837 bits per heavy atom. The number of nitrogens with zero attached hydrogens (tertiary/aromatic N) is 4. The van der Waals surface area contributed by atoms with Crippen LogP contribution >= 0.6 is 0 Å². The van der Waals surface area contributed by atoms with E-state index in [2.05, 4.69) is 372 Å². The molecule has 470 valence electrons. The van der Waals surface area contributed by atoms with Gasteiger partial charge in [-0.3, -0.25) is 0 Å². The lowest BCUT2D eigenvalue weighted by Crippen LogP contribution is -2.10. The Labute approximate surface area is 572 Å². The number of fused-ring (bicyclic) bond motifs is 6. The van der Waals surface area contributed by atoms with Crippen molar-refractivity contribution in [2.45, 2.75) is 26.4 Å². The average molecular weight is 1260 g/mol. The van der Waals surface area contributed by atoms with Gasteiger partial charge in [-0.05, 0) is 200 Å². The van der Waals surface area contributed by atoms with E-state index in [0.29, 0.717) is 26.4 Å². The Morgan fingerprint density at radius 2 is 0.500 bits per heavy atom. The maximum atomic E-state index is 6.15. The molecule has 6 heteroatoms. The minimum Gasteiger partial charge on any atom is -0.372 e.